The van der Waals surface area contributed by atoms with E-state index in [0.717, 1.165) is 35.1 Å². The summed E-state index contributed by atoms with van der Waals surface area (Å²) in [6.45, 7) is 15.4. The molecule has 2 N–H and O–H groups in total. The van der Waals surface area contributed by atoms with Gasteiger partial charge < -0.3 is 38.2 Å². The minimum absolute atomic E-state index is 0.143. The number of carbonyl (C=O) groups excluding carboxylic acids is 4. The number of primary amides is 1. The number of hydrogen-bond donors (Lipinski definition) is 1. The fraction of sp³-hybridized carbons (Fsp3) is 0.360. The third-order valence-corrected chi connectivity index (χ3v) is 12.0. The van der Waals surface area contributed by atoms with Crippen molar-refractivity contribution in [3.8, 4) is 11.5 Å². The van der Waals surface area contributed by atoms with Gasteiger partial charge in [0.25, 0.3) is 11.8 Å². The molecule has 3 amide bonds. The summed E-state index contributed by atoms with van der Waals surface area (Å²) in [5.41, 5.74) is 14.3. The van der Waals surface area contributed by atoms with E-state index >= 15 is 0 Å². The van der Waals surface area contributed by atoms with Crippen LogP contribution in [0.25, 0.3) is 22.1 Å². The van der Waals surface area contributed by atoms with Crippen molar-refractivity contribution in [2.75, 3.05) is 13.7 Å². The van der Waals surface area contributed by atoms with Gasteiger partial charge >= 0.3 is 5.97 Å². The van der Waals surface area contributed by atoms with Crippen LogP contribution in [0.15, 0.2) is 87.9 Å². The molecule has 0 spiro atoms. The van der Waals surface area contributed by atoms with E-state index in [-0.39, 0.29) is 30.9 Å². The Hall–Kier alpha value is -7.76. The van der Waals surface area contributed by atoms with Crippen molar-refractivity contribution in [1.82, 2.24) is 37.8 Å². The van der Waals surface area contributed by atoms with Crippen LogP contribution in [0.3, 0.4) is 0 Å². The Bertz CT molecular complexity index is 3260. The van der Waals surface area contributed by atoms with Gasteiger partial charge in [-0.25, -0.2) is 4.79 Å². The first-order valence-corrected chi connectivity index (χ1v) is 22.6. The summed E-state index contributed by atoms with van der Waals surface area (Å²) >= 11 is 0. The van der Waals surface area contributed by atoms with Gasteiger partial charge in [0, 0.05) is 45.8 Å². The zero-order chi connectivity index (χ0) is 49.0. The quantitative estimate of drug-likeness (QED) is 0.0602. The first-order chi connectivity index (χ1) is 32.6. The number of esters is 1. The molecule has 7 rings (SSSR count). The van der Waals surface area contributed by atoms with Crippen LogP contribution in [0.1, 0.15) is 106 Å². The van der Waals surface area contributed by atoms with Crippen LogP contribution in [0.2, 0.25) is 0 Å². The number of nitrogens with two attached hydrogens (primary N) is 1. The fourth-order valence-electron chi connectivity index (χ4n) is 8.11. The van der Waals surface area contributed by atoms with E-state index in [0.29, 0.717) is 81.7 Å². The van der Waals surface area contributed by atoms with Crippen LogP contribution < -0.4 is 26.4 Å². The number of carbonyl (C=O) groups is 4. The van der Waals surface area contributed by atoms with E-state index in [4.69, 9.17) is 29.9 Å². The second kappa shape index (κ2) is 20.4. The second-order valence-corrected chi connectivity index (χ2v) is 16.8. The molecule has 0 aliphatic rings. The van der Waals surface area contributed by atoms with E-state index < -0.39 is 23.7 Å². The zero-order valence-electron chi connectivity index (χ0n) is 40.4. The average Bonchev–Trinajstić information content (AvgIpc) is 4.05. The normalized spacial score (nSPS) is 12.6. The number of ether oxygens (including phenoxy) is 3. The molecule has 356 valence electrons. The molecule has 4 heterocycles. The molecule has 0 saturated carbocycles. The maximum atomic E-state index is 14.1. The lowest BCUT2D eigenvalue weighted by Gasteiger charge is -2.15. The smallest absolute Gasteiger partial charge is 0.338 e. The molecule has 7 aromatic rings. The largest absolute Gasteiger partial charge is 0.497 e. The SMILES string of the molecule is CCCCOC(=O)c1ccc2c(c1)n(C)/c(=N\C(=O)c1cc(C)nn1CC)n2C/C(C)=C(\C)Cn1/c(=N/C(=O)c2cc(C)nn2CC)n(C)c2cc(C(N)=O)cc(OCc3ccc(OC)cc3)c21. The molecular formula is C50H59N11O7. The average molecular weight is 926 g/mol. The Morgan fingerprint density at radius 1 is 0.691 bits per heavy atom. The summed E-state index contributed by atoms with van der Waals surface area (Å²) in [5, 5.41) is 8.95. The lowest BCUT2D eigenvalue weighted by atomic mass is 10.1. The van der Waals surface area contributed by atoms with Gasteiger partial charge in [-0.2, -0.15) is 20.2 Å². The molecule has 0 saturated heterocycles. The van der Waals surface area contributed by atoms with Crippen LogP contribution >= 0.6 is 0 Å². The van der Waals surface area contributed by atoms with E-state index in [2.05, 4.69) is 10.2 Å². The van der Waals surface area contributed by atoms with Crippen molar-refractivity contribution >= 4 is 45.8 Å². The van der Waals surface area contributed by atoms with Gasteiger partial charge in [-0.05, 0) is 108 Å². The van der Waals surface area contributed by atoms with Gasteiger partial charge in [-0.1, -0.05) is 36.6 Å². The molecule has 4 aromatic heterocycles. The van der Waals surface area contributed by atoms with E-state index in [1.165, 1.54) is 0 Å². The highest BCUT2D eigenvalue weighted by Crippen LogP contribution is 2.30. The van der Waals surface area contributed by atoms with E-state index in [1.54, 1.807) is 69.1 Å². The van der Waals surface area contributed by atoms with Gasteiger partial charge in [0.1, 0.15) is 35.0 Å². The van der Waals surface area contributed by atoms with Crippen LogP contribution in [0.5, 0.6) is 11.5 Å². The standard InChI is InChI=1S/C50H59N11O7/c1-11-14-21-67-48(65)35-17-20-38-39(24-35)56(8)49(52-46(63)41-22-32(6)54-60(41)12-2)58(38)27-30(4)31(5)28-59-44-40(57(9)50(59)53-47(64)42-23-33(7)55-61(42)13-3)25-36(45(51)62)26-43(44)68-29-34-15-18-37(66-10)19-16-34/h15-20,22-26H,11-14,21,27-29H2,1-10H3,(H2,51,62)/b31-30+,52-49+,53-50+. The van der Waals surface area contributed by atoms with Gasteiger partial charge in [0.05, 0.1) is 47.2 Å². The molecule has 0 bridgehead atoms. The number of rotatable bonds is 17. The van der Waals surface area contributed by atoms with Crippen molar-refractivity contribution in [2.45, 2.75) is 94.1 Å². The number of allylic oxidation sites excluding steroid dienone is 2. The summed E-state index contributed by atoms with van der Waals surface area (Å²) in [4.78, 5) is 63.5. The first kappa shape index (κ1) is 48.2. The van der Waals surface area contributed by atoms with Gasteiger partial charge in [-0.15, -0.1) is 0 Å². The Kier molecular flexibility index (Phi) is 14.5. The molecule has 3 aromatic carbocycles. The number of amides is 3. The molecule has 0 radical (unpaired) electrons. The number of nitrogens with zero attached hydrogens (tertiary/aromatic N) is 10. The Labute approximate surface area is 393 Å². The topological polar surface area (TPSA) is 202 Å². The van der Waals surface area contributed by atoms with Crippen molar-refractivity contribution < 1.29 is 33.4 Å². The molecule has 0 aliphatic heterocycles. The van der Waals surface area contributed by atoms with Crippen molar-refractivity contribution in [2.24, 2.45) is 29.8 Å². The summed E-state index contributed by atoms with van der Waals surface area (Å²) in [6, 6.07) is 19.5. The predicted octanol–water partition coefficient (Wildman–Crippen LogP) is 6.48. The number of methoxy groups -OCH3 is 1. The molecule has 68 heavy (non-hydrogen) atoms. The van der Waals surface area contributed by atoms with Gasteiger partial charge in [0.15, 0.2) is 0 Å². The lowest BCUT2D eigenvalue weighted by Crippen LogP contribution is -2.28. The second-order valence-electron chi connectivity index (χ2n) is 16.8. The van der Waals surface area contributed by atoms with Crippen LogP contribution in [0.4, 0.5) is 0 Å². The number of aryl methyl sites for hydroxylation is 6. The van der Waals surface area contributed by atoms with E-state index in [9.17, 15) is 19.2 Å². The highest BCUT2D eigenvalue weighted by atomic mass is 16.5. The molecule has 0 atom stereocenters. The monoisotopic (exact) mass is 925 g/mol. The summed E-state index contributed by atoms with van der Waals surface area (Å²) in [5.74, 6) is -1.01. The molecule has 0 unspecified atom stereocenters. The zero-order valence-corrected chi connectivity index (χ0v) is 40.4. The highest BCUT2D eigenvalue weighted by Gasteiger charge is 2.23. The first-order valence-electron chi connectivity index (χ1n) is 22.6. The third kappa shape index (κ3) is 9.84. The Balaban J connectivity index is 1.39. The van der Waals surface area contributed by atoms with E-state index in [1.807, 2.05) is 95.0 Å². The summed E-state index contributed by atoms with van der Waals surface area (Å²) in [7, 11) is 5.18. The summed E-state index contributed by atoms with van der Waals surface area (Å²) in [6.07, 6.45) is 1.64. The maximum absolute atomic E-state index is 14.1. The van der Waals surface area contributed by atoms with Crippen molar-refractivity contribution in [3.63, 3.8) is 0 Å². The molecule has 18 heteroatoms. The minimum Gasteiger partial charge on any atom is -0.497 e. The predicted molar refractivity (Wildman–Crippen MR) is 256 cm³/mol. The summed E-state index contributed by atoms with van der Waals surface area (Å²) < 4.78 is 28.0. The molecular weight excluding hydrogens is 867 g/mol. The number of imidazole rings is 2. The number of fused-ring (bicyclic) bond motifs is 2. The third-order valence-electron chi connectivity index (χ3n) is 12.0. The van der Waals surface area contributed by atoms with Crippen LogP contribution in [-0.4, -0.2) is 75.2 Å². The highest BCUT2D eigenvalue weighted by molar-refractivity contribution is 5.99. The number of benzene rings is 3. The van der Waals surface area contributed by atoms with Crippen molar-refractivity contribution in [3.05, 3.63) is 129 Å². The maximum Gasteiger partial charge on any atom is 0.338 e. The fourth-order valence-corrected chi connectivity index (χ4v) is 8.11. The van der Waals surface area contributed by atoms with Gasteiger partial charge in [0.2, 0.25) is 17.1 Å². The molecule has 18 nitrogen and oxygen atoms in total. The minimum atomic E-state index is -0.653. The number of hydrogen-bond acceptors (Lipinski definition) is 9. The van der Waals surface area contributed by atoms with Crippen LogP contribution in [0, 0.1) is 13.8 Å². The number of aromatic nitrogens is 8. The van der Waals surface area contributed by atoms with Gasteiger partial charge in [-0.3, -0.25) is 23.7 Å². The Morgan fingerprint density at radius 2 is 1.25 bits per heavy atom. The van der Waals surface area contributed by atoms with Crippen LogP contribution in [-0.2, 0) is 51.6 Å². The molecule has 0 aliphatic carbocycles. The lowest BCUT2D eigenvalue weighted by molar-refractivity contribution is 0.0499. The Morgan fingerprint density at radius 3 is 1.81 bits per heavy atom. The van der Waals surface area contributed by atoms with Crippen molar-refractivity contribution in [1.29, 1.82) is 0 Å². The molecule has 0 fully saturated rings. The number of unbranched alkanes of at least 4 members (excludes halogenated alkanes) is 1.